The molecule has 0 aliphatic heterocycles. The zero-order chi connectivity index (χ0) is 20.1. The molecular formula is C22H21N3O3. The van der Waals surface area contributed by atoms with Gasteiger partial charge in [-0.1, -0.05) is 36.4 Å². The van der Waals surface area contributed by atoms with E-state index in [4.69, 9.17) is 0 Å². The molecule has 3 rings (SSSR count). The van der Waals surface area contributed by atoms with Crippen LogP contribution < -0.4 is 10.5 Å². The van der Waals surface area contributed by atoms with E-state index in [9.17, 15) is 20.3 Å². The fourth-order valence-electron chi connectivity index (χ4n) is 3.21. The van der Waals surface area contributed by atoms with Crippen LogP contribution in [0.5, 0.6) is 5.88 Å². The highest BCUT2D eigenvalue weighted by Gasteiger charge is 2.21. The Bertz CT molecular complexity index is 1010. The standard InChI is InChI=1S/C22H21N3O3/c1-16-19(14-23)21(27)24(12-13-26)22(28)20(16)15-25(17-8-4-2-5-9-17)18-10-6-3-7-11-18/h2-11,26,28H,12-13,15H2,1H3. The number of pyridine rings is 1. The smallest absolute Gasteiger partial charge is 0.271 e. The lowest BCUT2D eigenvalue weighted by molar-refractivity contribution is 0.263. The molecular weight excluding hydrogens is 354 g/mol. The minimum atomic E-state index is -0.596. The van der Waals surface area contributed by atoms with E-state index < -0.39 is 5.56 Å². The molecule has 6 nitrogen and oxygen atoms in total. The van der Waals surface area contributed by atoms with Gasteiger partial charge in [-0.25, -0.2) is 0 Å². The first-order chi connectivity index (χ1) is 13.6. The predicted octanol–water partition coefficient (Wildman–Crippen LogP) is 3.06. The highest BCUT2D eigenvalue weighted by atomic mass is 16.3. The van der Waals surface area contributed by atoms with E-state index in [1.54, 1.807) is 6.92 Å². The predicted molar refractivity (Wildman–Crippen MR) is 108 cm³/mol. The fraction of sp³-hybridized carbons (Fsp3) is 0.182. The Balaban J connectivity index is 2.18. The number of hydrogen-bond donors (Lipinski definition) is 2. The Morgan fingerprint density at radius 2 is 1.57 bits per heavy atom. The van der Waals surface area contributed by atoms with Crippen molar-refractivity contribution < 1.29 is 10.2 Å². The lowest BCUT2D eigenvalue weighted by atomic mass is 10.0. The molecule has 0 aliphatic carbocycles. The molecule has 2 aromatic carbocycles. The number of para-hydroxylation sites is 2. The maximum Gasteiger partial charge on any atom is 0.271 e. The second kappa shape index (κ2) is 8.42. The topological polar surface area (TPSA) is 89.5 Å². The summed E-state index contributed by atoms with van der Waals surface area (Å²) < 4.78 is 1.05. The van der Waals surface area contributed by atoms with E-state index in [0.717, 1.165) is 15.9 Å². The van der Waals surface area contributed by atoms with Gasteiger partial charge >= 0.3 is 0 Å². The largest absolute Gasteiger partial charge is 0.494 e. The van der Waals surface area contributed by atoms with Gasteiger partial charge in [-0.2, -0.15) is 5.26 Å². The number of rotatable bonds is 6. The summed E-state index contributed by atoms with van der Waals surface area (Å²) in [5.74, 6) is -0.229. The van der Waals surface area contributed by atoms with Crippen molar-refractivity contribution in [3.63, 3.8) is 0 Å². The summed E-state index contributed by atoms with van der Waals surface area (Å²) in [6.45, 7) is 1.52. The third-order valence-corrected chi connectivity index (χ3v) is 4.70. The SMILES string of the molecule is Cc1c(CN(c2ccccc2)c2ccccc2)c(O)n(CCO)c(=O)c1C#N. The summed E-state index contributed by atoms with van der Waals surface area (Å²) in [5, 5.41) is 29.5. The number of nitriles is 1. The number of aliphatic hydroxyl groups excluding tert-OH is 1. The first kappa shape index (κ1) is 19.2. The summed E-state index contributed by atoms with van der Waals surface area (Å²) in [6.07, 6.45) is 0. The van der Waals surface area contributed by atoms with Crippen LogP contribution in [-0.4, -0.2) is 21.4 Å². The molecule has 0 saturated carbocycles. The summed E-state index contributed by atoms with van der Waals surface area (Å²) in [7, 11) is 0. The number of hydrogen-bond acceptors (Lipinski definition) is 5. The first-order valence-electron chi connectivity index (χ1n) is 8.92. The number of aromatic nitrogens is 1. The Morgan fingerprint density at radius 1 is 1.04 bits per heavy atom. The minimum absolute atomic E-state index is 0.0256. The first-order valence-corrected chi connectivity index (χ1v) is 8.92. The van der Waals surface area contributed by atoms with Crippen molar-refractivity contribution in [1.82, 2.24) is 4.57 Å². The van der Waals surface area contributed by atoms with Crippen LogP contribution in [0.1, 0.15) is 16.7 Å². The van der Waals surface area contributed by atoms with Gasteiger partial charge in [0.25, 0.3) is 5.56 Å². The zero-order valence-corrected chi connectivity index (χ0v) is 15.5. The molecule has 0 radical (unpaired) electrons. The molecule has 2 N–H and O–H groups in total. The Kier molecular flexibility index (Phi) is 5.78. The van der Waals surface area contributed by atoms with Gasteiger partial charge in [-0.15, -0.1) is 0 Å². The lowest BCUT2D eigenvalue weighted by Crippen LogP contribution is -2.28. The molecule has 0 bridgehead atoms. The highest BCUT2D eigenvalue weighted by molar-refractivity contribution is 5.64. The van der Waals surface area contributed by atoms with Crippen LogP contribution in [0.25, 0.3) is 0 Å². The molecule has 0 aliphatic rings. The van der Waals surface area contributed by atoms with Crippen LogP contribution in [0.4, 0.5) is 11.4 Å². The van der Waals surface area contributed by atoms with Gasteiger partial charge in [0.15, 0.2) is 5.88 Å². The molecule has 0 saturated heterocycles. The van der Waals surface area contributed by atoms with Crippen molar-refractivity contribution in [2.45, 2.75) is 20.0 Å². The van der Waals surface area contributed by atoms with Gasteiger partial charge in [0.2, 0.25) is 0 Å². The molecule has 6 heteroatoms. The number of aliphatic hydroxyl groups is 1. The molecule has 0 amide bonds. The summed E-state index contributed by atoms with van der Waals surface area (Å²) in [6, 6.07) is 21.3. The second-order valence-corrected chi connectivity index (χ2v) is 6.35. The monoisotopic (exact) mass is 375 g/mol. The molecule has 1 aromatic heterocycles. The van der Waals surface area contributed by atoms with Gasteiger partial charge < -0.3 is 15.1 Å². The number of anilines is 2. The summed E-state index contributed by atoms with van der Waals surface area (Å²) in [4.78, 5) is 14.5. The van der Waals surface area contributed by atoms with Crippen molar-refractivity contribution in [1.29, 1.82) is 5.26 Å². The van der Waals surface area contributed by atoms with Crippen molar-refractivity contribution in [2.75, 3.05) is 11.5 Å². The third-order valence-electron chi connectivity index (χ3n) is 4.70. The molecule has 28 heavy (non-hydrogen) atoms. The van der Waals surface area contributed by atoms with Crippen LogP contribution in [0.3, 0.4) is 0 Å². The van der Waals surface area contributed by atoms with Gasteiger partial charge in [0.1, 0.15) is 11.6 Å². The Morgan fingerprint density at radius 3 is 2.04 bits per heavy atom. The quantitative estimate of drug-likeness (QED) is 0.691. The Hall–Kier alpha value is -3.56. The molecule has 0 fully saturated rings. The molecule has 142 valence electrons. The number of benzene rings is 2. The van der Waals surface area contributed by atoms with Crippen LogP contribution >= 0.6 is 0 Å². The summed E-state index contributed by atoms with van der Waals surface area (Å²) >= 11 is 0. The van der Waals surface area contributed by atoms with Gasteiger partial charge in [0, 0.05) is 16.9 Å². The maximum absolute atomic E-state index is 12.5. The van der Waals surface area contributed by atoms with Crippen molar-refractivity contribution in [3.05, 3.63) is 87.7 Å². The van der Waals surface area contributed by atoms with Gasteiger partial charge in [-0.3, -0.25) is 9.36 Å². The van der Waals surface area contributed by atoms with Gasteiger partial charge in [0.05, 0.1) is 19.7 Å². The van der Waals surface area contributed by atoms with E-state index in [1.807, 2.05) is 71.6 Å². The molecule has 1 heterocycles. The molecule has 0 unspecified atom stereocenters. The van der Waals surface area contributed by atoms with E-state index >= 15 is 0 Å². The van der Waals surface area contributed by atoms with E-state index in [0.29, 0.717) is 11.1 Å². The lowest BCUT2D eigenvalue weighted by Gasteiger charge is -2.27. The van der Waals surface area contributed by atoms with Crippen LogP contribution in [0.2, 0.25) is 0 Å². The summed E-state index contributed by atoms with van der Waals surface area (Å²) in [5.41, 5.74) is 2.11. The van der Waals surface area contributed by atoms with Crippen molar-refractivity contribution >= 4 is 11.4 Å². The average molecular weight is 375 g/mol. The van der Waals surface area contributed by atoms with E-state index in [2.05, 4.69) is 0 Å². The van der Waals surface area contributed by atoms with Gasteiger partial charge in [-0.05, 0) is 36.8 Å². The fourth-order valence-corrected chi connectivity index (χ4v) is 3.21. The normalized spacial score (nSPS) is 10.5. The zero-order valence-electron chi connectivity index (χ0n) is 15.5. The second-order valence-electron chi connectivity index (χ2n) is 6.35. The highest BCUT2D eigenvalue weighted by Crippen LogP contribution is 2.31. The van der Waals surface area contributed by atoms with Crippen LogP contribution in [-0.2, 0) is 13.1 Å². The van der Waals surface area contributed by atoms with E-state index in [-0.39, 0.29) is 31.1 Å². The van der Waals surface area contributed by atoms with E-state index in [1.165, 1.54) is 0 Å². The van der Waals surface area contributed by atoms with Crippen LogP contribution in [0, 0.1) is 18.3 Å². The average Bonchev–Trinajstić information content (AvgIpc) is 2.73. The Labute approximate surface area is 163 Å². The van der Waals surface area contributed by atoms with Crippen molar-refractivity contribution in [3.8, 4) is 11.9 Å². The minimum Gasteiger partial charge on any atom is -0.494 e. The number of nitrogens with zero attached hydrogens (tertiary/aromatic N) is 3. The van der Waals surface area contributed by atoms with Crippen LogP contribution in [0.15, 0.2) is 65.5 Å². The molecule has 0 spiro atoms. The third kappa shape index (κ3) is 3.61. The number of aromatic hydroxyl groups is 1. The molecule has 3 aromatic rings. The molecule has 0 atom stereocenters. The van der Waals surface area contributed by atoms with Crippen molar-refractivity contribution in [2.24, 2.45) is 0 Å². The maximum atomic E-state index is 12.5.